The molecular formula is C16H27NO3. The molecule has 1 atom stereocenters. The topological polar surface area (TPSA) is 39.7 Å². The highest BCUT2D eigenvalue weighted by molar-refractivity contribution is 5.31. The van der Waals surface area contributed by atoms with Crippen molar-refractivity contribution in [2.24, 2.45) is 0 Å². The Balaban J connectivity index is 2.30. The maximum absolute atomic E-state index is 5.66. The van der Waals surface area contributed by atoms with E-state index in [1.165, 1.54) is 16.7 Å². The molecule has 0 fully saturated rings. The van der Waals surface area contributed by atoms with Crippen LogP contribution in [0.15, 0.2) is 18.2 Å². The quantitative estimate of drug-likeness (QED) is 0.668. The Morgan fingerprint density at radius 1 is 1.00 bits per heavy atom. The molecule has 0 aliphatic carbocycles. The van der Waals surface area contributed by atoms with Crippen molar-refractivity contribution in [1.82, 2.24) is 5.32 Å². The Kier molecular flexibility index (Phi) is 8.46. The molecule has 0 spiro atoms. The van der Waals surface area contributed by atoms with Crippen molar-refractivity contribution in [2.45, 2.75) is 19.9 Å². The van der Waals surface area contributed by atoms with Crippen LogP contribution in [0.3, 0.4) is 0 Å². The summed E-state index contributed by atoms with van der Waals surface area (Å²) in [7, 11) is 3.62. The molecule has 1 aromatic carbocycles. The second-order valence-corrected chi connectivity index (χ2v) is 4.87. The molecule has 4 nitrogen and oxygen atoms in total. The summed E-state index contributed by atoms with van der Waals surface area (Å²) in [6, 6.07) is 6.74. The minimum absolute atomic E-state index is 0.216. The van der Waals surface area contributed by atoms with Gasteiger partial charge in [-0.05, 0) is 37.6 Å². The highest BCUT2D eigenvalue weighted by Gasteiger charge is 2.09. The molecule has 1 rings (SSSR count). The molecule has 114 valence electrons. The average Bonchev–Trinajstić information content (AvgIpc) is 2.45. The Labute approximate surface area is 122 Å². The lowest BCUT2D eigenvalue weighted by molar-refractivity contribution is 0.0197. The van der Waals surface area contributed by atoms with Crippen molar-refractivity contribution in [3.8, 4) is 0 Å². The van der Waals surface area contributed by atoms with E-state index < -0.39 is 0 Å². The molecule has 0 aliphatic heterocycles. The molecule has 0 aliphatic rings. The van der Waals surface area contributed by atoms with Crippen LogP contribution in [0.2, 0.25) is 0 Å². The first kappa shape index (κ1) is 17.1. The normalized spacial score (nSPS) is 12.6. The summed E-state index contributed by atoms with van der Waals surface area (Å²) >= 11 is 0. The fourth-order valence-corrected chi connectivity index (χ4v) is 1.89. The molecular weight excluding hydrogens is 254 g/mol. The third-order valence-corrected chi connectivity index (χ3v) is 3.37. The number of hydrogen-bond donors (Lipinski definition) is 1. The number of hydrogen-bond acceptors (Lipinski definition) is 4. The van der Waals surface area contributed by atoms with Gasteiger partial charge in [-0.3, -0.25) is 0 Å². The summed E-state index contributed by atoms with van der Waals surface area (Å²) in [4.78, 5) is 0. The van der Waals surface area contributed by atoms with Crippen LogP contribution in [0.4, 0.5) is 0 Å². The van der Waals surface area contributed by atoms with E-state index in [0.29, 0.717) is 33.0 Å². The van der Waals surface area contributed by atoms with Crippen LogP contribution in [0.5, 0.6) is 0 Å². The summed E-state index contributed by atoms with van der Waals surface area (Å²) in [5, 5.41) is 3.29. The molecule has 0 amide bonds. The molecule has 20 heavy (non-hydrogen) atoms. The summed E-state index contributed by atoms with van der Waals surface area (Å²) < 4.78 is 15.9. The van der Waals surface area contributed by atoms with E-state index in [1.54, 1.807) is 7.11 Å². The molecule has 0 saturated heterocycles. The molecule has 1 unspecified atom stereocenters. The third-order valence-electron chi connectivity index (χ3n) is 3.37. The predicted octanol–water partition coefficient (Wildman–Crippen LogP) is 2.24. The molecule has 1 N–H and O–H groups in total. The standard InChI is InChI=1S/C16H27NO3/c1-13-5-6-15(11-14(13)2)16(17-3)12-20-10-9-19-8-7-18-4/h5-6,11,16-17H,7-10,12H2,1-4H3. The SMILES string of the molecule is CNC(COCCOCCOC)c1ccc(C)c(C)c1. The van der Waals surface area contributed by atoms with Crippen LogP contribution in [-0.2, 0) is 14.2 Å². The maximum Gasteiger partial charge on any atom is 0.0701 e. The van der Waals surface area contributed by atoms with Crippen LogP contribution < -0.4 is 5.32 Å². The van der Waals surface area contributed by atoms with E-state index in [-0.39, 0.29) is 6.04 Å². The summed E-state index contributed by atoms with van der Waals surface area (Å²) in [5.41, 5.74) is 3.89. The highest BCUT2D eigenvalue weighted by atomic mass is 16.5. The number of likely N-dealkylation sites (N-methyl/N-ethyl adjacent to an activating group) is 1. The van der Waals surface area contributed by atoms with Gasteiger partial charge in [0.05, 0.1) is 39.1 Å². The van der Waals surface area contributed by atoms with Crippen LogP contribution in [0, 0.1) is 13.8 Å². The number of benzene rings is 1. The van der Waals surface area contributed by atoms with Crippen LogP contribution in [-0.4, -0.2) is 47.2 Å². The second-order valence-electron chi connectivity index (χ2n) is 4.87. The van der Waals surface area contributed by atoms with E-state index in [1.807, 2.05) is 7.05 Å². The van der Waals surface area contributed by atoms with Crippen molar-refractivity contribution in [3.05, 3.63) is 34.9 Å². The van der Waals surface area contributed by atoms with Crippen molar-refractivity contribution < 1.29 is 14.2 Å². The first-order chi connectivity index (χ1) is 9.69. The summed E-state index contributed by atoms with van der Waals surface area (Å²) in [6.07, 6.45) is 0. The Bertz CT molecular complexity index is 382. The fourth-order valence-electron chi connectivity index (χ4n) is 1.89. The molecule has 1 aromatic rings. The van der Waals surface area contributed by atoms with E-state index >= 15 is 0 Å². The zero-order valence-corrected chi connectivity index (χ0v) is 13.1. The van der Waals surface area contributed by atoms with E-state index in [0.717, 1.165) is 0 Å². The largest absolute Gasteiger partial charge is 0.382 e. The average molecular weight is 281 g/mol. The van der Waals surface area contributed by atoms with Crippen LogP contribution in [0.1, 0.15) is 22.7 Å². The monoisotopic (exact) mass is 281 g/mol. The molecule has 4 heteroatoms. The van der Waals surface area contributed by atoms with Crippen molar-refractivity contribution in [1.29, 1.82) is 0 Å². The zero-order valence-electron chi connectivity index (χ0n) is 13.1. The molecule has 0 bridgehead atoms. The first-order valence-corrected chi connectivity index (χ1v) is 7.08. The lowest BCUT2D eigenvalue weighted by Gasteiger charge is -2.18. The van der Waals surface area contributed by atoms with Gasteiger partial charge in [-0.15, -0.1) is 0 Å². The number of nitrogens with one attached hydrogen (secondary N) is 1. The van der Waals surface area contributed by atoms with Gasteiger partial charge in [-0.1, -0.05) is 18.2 Å². The van der Waals surface area contributed by atoms with Gasteiger partial charge in [-0.2, -0.15) is 0 Å². The predicted molar refractivity (Wildman–Crippen MR) is 81.2 cm³/mol. The second kappa shape index (κ2) is 9.88. The summed E-state index contributed by atoms with van der Waals surface area (Å²) in [5.74, 6) is 0. The van der Waals surface area contributed by atoms with Gasteiger partial charge in [0, 0.05) is 7.11 Å². The smallest absolute Gasteiger partial charge is 0.0701 e. The Hall–Kier alpha value is -0.940. The van der Waals surface area contributed by atoms with Gasteiger partial charge < -0.3 is 19.5 Å². The van der Waals surface area contributed by atoms with E-state index in [2.05, 4.69) is 37.4 Å². The molecule has 0 heterocycles. The maximum atomic E-state index is 5.66. The summed E-state index contributed by atoms with van der Waals surface area (Å²) in [6.45, 7) is 7.36. The molecule has 0 saturated carbocycles. The minimum Gasteiger partial charge on any atom is -0.382 e. The van der Waals surface area contributed by atoms with Crippen molar-refractivity contribution >= 4 is 0 Å². The number of aryl methyl sites for hydroxylation is 2. The van der Waals surface area contributed by atoms with Gasteiger partial charge in [-0.25, -0.2) is 0 Å². The molecule has 0 radical (unpaired) electrons. The van der Waals surface area contributed by atoms with Crippen LogP contribution >= 0.6 is 0 Å². The van der Waals surface area contributed by atoms with Crippen LogP contribution in [0.25, 0.3) is 0 Å². The Morgan fingerprint density at radius 3 is 2.35 bits per heavy atom. The number of methoxy groups -OCH3 is 1. The molecule has 0 aromatic heterocycles. The number of rotatable bonds is 10. The third kappa shape index (κ3) is 6.01. The van der Waals surface area contributed by atoms with Gasteiger partial charge in [0.15, 0.2) is 0 Å². The van der Waals surface area contributed by atoms with Crippen molar-refractivity contribution in [3.63, 3.8) is 0 Å². The highest BCUT2D eigenvalue weighted by Crippen LogP contribution is 2.17. The zero-order chi connectivity index (χ0) is 14.8. The van der Waals surface area contributed by atoms with Gasteiger partial charge in [0.1, 0.15) is 0 Å². The van der Waals surface area contributed by atoms with Crippen molar-refractivity contribution in [2.75, 3.05) is 47.2 Å². The van der Waals surface area contributed by atoms with Gasteiger partial charge >= 0.3 is 0 Å². The lowest BCUT2D eigenvalue weighted by Crippen LogP contribution is -2.23. The number of ether oxygens (including phenoxy) is 3. The minimum atomic E-state index is 0.216. The lowest BCUT2D eigenvalue weighted by atomic mass is 10.0. The first-order valence-electron chi connectivity index (χ1n) is 7.08. The van der Waals surface area contributed by atoms with E-state index in [9.17, 15) is 0 Å². The Morgan fingerprint density at radius 2 is 1.70 bits per heavy atom. The van der Waals surface area contributed by atoms with Gasteiger partial charge in [0.2, 0.25) is 0 Å². The van der Waals surface area contributed by atoms with E-state index in [4.69, 9.17) is 14.2 Å². The fraction of sp³-hybridized carbons (Fsp3) is 0.625. The van der Waals surface area contributed by atoms with Gasteiger partial charge in [0.25, 0.3) is 0 Å².